The normalized spacial score (nSPS) is 13.2. The van der Waals surface area contributed by atoms with Gasteiger partial charge in [-0.05, 0) is 87.8 Å². The van der Waals surface area contributed by atoms with Gasteiger partial charge in [-0.2, -0.15) is 0 Å². The maximum absolute atomic E-state index is 5.07. The van der Waals surface area contributed by atoms with Crippen molar-refractivity contribution >= 4 is 38.2 Å². The Morgan fingerprint density at radius 1 is 0.595 bits per heavy atom. The molecule has 1 aliphatic carbocycles. The minimum Gasteiger partial charge on any atom is -0.292 e. The van der Waals surface area contributed by atoms with Gasteiger partial charge in [-0.1, -0.05) is 121 Å². The average molecular weight is 539 g/mol. The van der Waals surface area contributed by atoms with E-state index in [1.807, 2.05) is 0 Å². The summed E-state index contributed by atoms with van der Waals surface area (Å²) in [5.41, 5.74) is 10.7. The van der Waals surface area contributed by atoms with Crippen LogP contribution in [0.3, 0.4) is 0 Å². The Kier molecular flexibility index (Phi) is 5.86. The van der Waals surface area contributed by atoms with Crippen LogP contribution in [0.25, 0.3) is 66.1 Å². The van der Waals surface area contributed by atoms with Crippen LogP contribution in [-0.4, -0.2) is 9.55 Å². The number of imidazole rings is 1. The maximum Gasteiger partial charge on any atom is 0.145 e. The molecule has 200 valence electrons. The number of hydrogen-bond acceptors (Lipinski definition) is 1. The number of rotatable bonds is 4. The Bertz CT molecular complexity index is 2180. The van der Waals surface area contributed by atoms with Crippen molar-refractivity contribution < 1.29 is 0 Å². The molecular weight excluding hydrogens is 508 g/mol. The highest BCUT2D eigenvalue weighted by Crippen LogP contribution is 2.44. The lowest BCUT2D eigenvalue weighted by molar-refractivity contribution is 1.01. The summed E-state index contributed by atoms with van der Waals surface area (Å²) in [7, 11) is 0. The van der Waals surface area contributed by atoms with Crippen molar-refractivity contribution in [1.82, 2.24) is 9.55 Å². The largest absolute Gasteiger partial charge is 0.292 e. The topological polar surface area (TPSA) is 17.8 Å². The first-order chi connectivity index (χ1) is 20.8. The molecular formula is C40H30N2. The van der Waals surface area contributed by atoms with Crippen LogP contribution in [0.1, 0.15) is 24.2 Å². The summed E-state index contributed by atoms with van der Waals surface area (Å²) in [5, 5.41) is 5.11. The summed E-state index contributed by atoms with van der Waals surface area (Å²) in [6.45, 7) is 2.18. The fourth-order valence-corrected chi connectivity index (χ4v) is 6.56. The second-order valence-electron chi connectivity index (χ2n) is 11.2. The van der Waals surface area contributed by atoms with E-state index in [2.05, 4.69) is 151 Å². The zero-order valence-corrected chi connectivity index (χ0v) is 23.6. The number of fused-ring (bicyclic) bond motifs is 3. The van der Waals surface area contributed by atoms with Crippen molar-refractivity contribution in [2.75, 3.05) is 0 Å². The Balaban J connectivity index is 1.36. The van der Waals surface area contributed by atoms with Crippen LogP contribution in [0, 0.1) is 6.92 Å². The highest BCUT2D eigenvalue weighted by molar-refractivity contribution is 6.21. The lowest BCUT2D eigenvalue weighted by Crippen LogP contribution is -2.01. The third-order valence-corrected chi connectivity index (χ3v) is 8.47. The fraction of sp³-hybridized carbons (Fsp3) is 0.0750. The molecule has 1 heterocycles. The van der Waals surface area contributed by atoms with Gasteiger partial charge in [-0.15, -0.1) is 0 Å². The minimum atomic E-state index is 0.999. The molecule has 0 radical (unpaired) electrons. The Morgan fingerprint density at radius 2 is 1.26 bits per heavy atom. The molecule has 1 aromatic heterocycles. The first kappa shape index (κ1) is 24.6. The van der Waals surface area contributed by atoms with Gasteiger partial charge in [-0.3, -0.25) is 4.57 Å². The van der Waals surface area contributed by atoms with Crippen LogP contribution in [0.4, 0.5) is 0 Å². The molecule has 6 aromatic carbocycles. The highest BCUT2D eigenvalue weighted by Gasteiger charge is 2.19. The molecule has 2 heteroatoms. The predicted molar refractivity (Wildman–Crippen MR) is 178 cm³/mol. The van der Waals surface area contributed by atoms with E-state index in [4.69, 9.17) is 4.98 Å². The van der Waals surface area contributed by atoms with Gasteiger partial charge in [0.15, 0.2) is 0 Å². The second kappa shape index (κ2) is 10.0. The van der Waals surface area contributed by atoms with Crippen molar-refractivity contribution in [3.8, 4) is 27.9 Å². The molecule has 42 heavy (non-hydrogen) atoms. The molecule has 0 spiro atoms. The Morgan fingerprint density at radius 3 is 2.02 bits per heavy atom. The number of nitrogens with zero attached hydrogens (tertiary/aromatic N) is 2. The number of hydrogen-bond donors (Lipinski definition) is 0. The molecule has 0 amide bonds. The van der Waals surface area contributed by atoms with Gasteiger partial charge < -0.3 is 0 Å². The number of benzene rings is 6. The quantitative estimate of drug-likeness (QED) is 0.204. The van der Waals surface area contributed by atoms with Gasteiger partial charge >= 0.3 is 0 Å². The standard InChI is InChI=1S/C40H30N2/c1-27-20-25-34-35(26-27)39(33-17-9-8-16-32(33)38(34)28-12-4-2-5-13-28)29-21-23-31(24-22-29)42-37-19-11-10-18-36(37)41-40(42)30-14-6-3-7-15-30/h2,4-6,8-26H,3,7H2,1H3. The summed E-state index contributed by atoms with van der Waals surface area (Å²) in [6.07, 6.45) is 8.90. The predicted octanol–water partition coefficient (Wildman–Crippen LogP) is 10.7. The van der Waals surface area contributed by atoms with Gasteiger partial charge in [0.1, 0.15) is 5.82 Å². The van der Waals surface area contributed by atoms with Crippen molar-refractivity contribution in [1.29, 1.82) is 0 Å². The van der Waals surface area contributed by atoms with E-state index in [9.17, 15) is 0 Å². The maximum atomic E-state index is 5.07. The SMILES string of the molecule is Cc1ccc2c(-c3ccccc3)c3ccccc3c(-c3ccc(-n4c(C5=CCCC=C5)nc5ccccc54)cc3)c2c1. The molecule has 0 fully saturated rings. The molecule has 0 bridgehead atoms. The van der Waals surface area contributed by atoms with Crippen molar-refractivity contribution in [2.24, 2.45) is 0 Å². The van der Waals surface area contributed by atoms with Gasteiger partial charge in [-0.25, -0.2) is 4.98 Å². The summed E-state index contributed by atoms with van der Waals surface area (Å²) in [4.78, 5) is 5.07. The fourth-order valence-electron chi connectivity index (χ4n) is 6.56. The van der Waals surface area contributed by atoms with Crippen LogP contribution in [-0.2, 0) is 0 Å². The van der Waals surface area contributed by atoms with Crippen LogP contribution >= 0.6 is 0 Å². The van der Waals surface area contributed by atoms with E-state index < -0.39 is 0 Å². The molecule has 0 aliphatic heterocycles. The van der Waals surface area contributed by atoms with Crippen LogP contribution in [0.5, 0.6) is 0 Å². The smallest absolute Gasteiger partial charge is 0.145 e. The van der Waals surface area contributed by atoms with Crippen molar-refractivity contribution in [2.45, 2.75) is 19.8 Å². The zero-order valence-electron chi connectivity index (χ0n) is 23.6. The molecule has 0 unspecified atom stereocenters. The minimum absolute atomic E-state index is 0.999. The molecule has 2 nitrogen and oxygen atoms in total. The molecule has 0 saturated carbocycles. The highest BCUT2D eigenvalue weighted by atomic mass is 15.1. The second-order valence-corrected chi connectivity index (χ2v) is 11.2. The first-order valence-electron chi connectivity index (χ1n) is 14.7. The van der Waals surface area contributed by atoms with E-state index in [-0.39, 0.29) is 0 Å². The zero-order chi connectivity index (χ0) is 28.0. The average Bonchev–Trinajstić information content (AvgIpc) is 3.44. The summed E-state index contributed by atoms with van der Waals surface area (Å²) in [6, 6.07) is 44.0. The lowest BCUT2D eigenvalue weighted by atomic mass is 9.85. The van der Waals surface area contributed by atoms with Crippen molar-refractivity contribution in [3.05, 3.63) is 151 Å². The summed E-state index contributed by atoms with van der Waals surface area (Å²) >= 11 is 0. The Labute approximate surface area is 245 Å². The van der Waals surface area contributed by atoms with Gasteiger partial charge in [0.25, 0.3) is 0 Å². The first-order valence-corrected chi connectivity index (χ1v) is 14.7. The van der Waals surface area contributed by atoms with Crippen molar-refractivity contribution in [3.63, 3.8) is 0 Å². The van der Waals surface area contributed by atoms with E-state index in [1.165, 1.54) is 54.9 Å². The molecule has 0 N–H and O–H groups in total. The van der Waals surface area contributed by atoms with E-state index in [0.29, 0.717) is 0 Å². The lowest BCUT2D eigenvalue weighted by Gasteiger charge is -2.19. The number of para-hydroxylation sites is 2. The third kappa shape index (κ3) is 3.99. The van der Waals surface area contributed by atoms with Crippen LogP contribution in [0.15, 0.2) is 140 Å². The number of aryl methyl sites for hydroxylation is 1. The van der Waals surface area contributed by atoms with Crippen LogP contribution < -0.4 is 0 Å². The molecule has 0 atom stereocenters. The van der Waals surface area contributed by atoms with Crippen LogP contribution in [0.2, 0.25) is 0 Å². The Hall–Kier alpha value is -5.21. The van der Waals surface area contributed by atoms with Gasteiger partial charge in [0.2, 0.25) is 0 Å². The number of allylic oxidation sites excluding steroid dienone is 4. The monoisotopic (exact) mass is 538 g/mol. The molecule has 8 rings (SSSR count). The number of aromatic nitrogens is 2. The van der Waals surface area contributed by atoms with E-state index in [0.717, 1.165) is 35.4 Å². The molecule has 0 saturated heterocycles. The third-order valence-electron chi connectivity index (χ3n) is 8.47. The van der Waals surface area contributed by atoms with E-state index >= 15 is 0 Å². The van der Waals surface area contributed by atoms with Gasteiger partial charge in [0, 0.05) is 11.3 Å². The van der Waals surface area contributed by atoms with E-state index in [1.54, 1.807) is 0 Å². The molecule has 1 aliphatic rings. The van der Waals surface area contributed by atoms with Gasteiger partial charge in [0.05, 0.1) is 11.0 Å². The summed E-state index contributed by atoms with van der Waals surface area (Å²) < 4.78 is 2.31. The summed E-state index contributed by atoms with van der Waals surface area (Å²) in [5.74, 6) is 0.999. The molecule has 7 aromatic rings.